The molecule has 0 fully saturated rings. The Kier molecular flexibility index (Phi) is 8.60. The first-order valence-electron chi connectivity index (χ1n) is 12.6. The molecule has 0 aliphatic rings. The van der Waals surface area contributed by atoms with Crippen LogP contribution in [0, 0.1) is 18.6 Å². The van der Waals surface area contributed by atoms with E-state index >= 15 is 8.78 Å². The molecule has 0 bridgehead atoms. The molecule has 200 valence electrons. The van der Waals surface area contributed by atoms with Crippen molar-refractivity contribution in [2.75, 3.05) is 0 Å². The van der Waals surface area contributed by atoms with Gasteiger partial charge in [-0.1, -0.05) is 61.0 Å². The van der Waals surface area contributed by atoms with E-state index in [0.29, 0.717) is 35.6 Å². The number of aromatic nitrogens is 2. The maximum absolute atomic E-state index is 15.5. The number of halogens is 2. The van der Waals surface area contributed by atoms with Crippen LogP contribution in [0.15, 0.2) is 76.7 Å². The number of unbranched alkanes of at least 4 members (excludes halogenated alkanes) is 1. The fourth-order valence-corrected chi connectivity index (χ4v) is 4.59. The molecule has 0 radical (unpaired) electrons. The third kappa shape index (κ3) is 5.77. The quantitative estimate of drug-likeness (QED) is 0.101. The first-order chi connectivity index (χ1) is 18.9. The fraction of sp³-hybridized carbons (Fsp3) is 0.200. The van der Waals surface area contributed by atoms with Gasteiger partial charge in [-0.25, -0.2) is 13.8 Å². The number of amidine groups is 1. The number of aryl methyl sites for hydroxylation is 2. The molecule has 9 heteroatoms. The molecule has 3 aromatic carbocycles. The third-order valence-electron chi connectivity index (χ3n) is 6.49. The molecule has 7 nitrogen and oxygen atoms in total. The Balaban J connectivity index is 1.82. The molecule has 0 unspecified atom stereocenters. The van der Waals surface area contributed by atoms with E-state index in [1.807, 2.05) is 13.0 Å². The second kappa shape index (κ2) is 12.3. The normalized spacial score (nSPS) is 11.4. The Morgan fingerprint density at radius 3 is 2.36 bits per heavy atom. The van der Waals surface area contributed by atoms with Gasteiger partial charge in [0.2, 0.25) is 6.41 Å². The fourth-order valence-electron chi connectivity index (χ4n) is 4.59. The standard InChI is InChI=1S/C30H28F2N4O3/c1-3-4-14-28-25(30(38)36(19(2)34-28)21-10-6-5-7-11-21)17-24-26(31)15-20(16-27(24)32)22-12-8-9-13-23(22)29(35-39)33-18-37/h5-13,15-16,18,39H,3-4,14,17H2,1-2H3,(H,33,35,37). The van der Waals surface area contributed by atoms with Gasteiger partial charge in [0.25, 0.3) is 5.56 Å². The average Bonchev–Trinajstić information content (AvgIpc) is 2.94. The van der Waals surface area contributed by atoms with Crippen LogP contribution in [-0.4, -0.2) is 27.0 Å². The molecule has 0 spiro atoms. The van der Waals surface area contributed by atoms with Crippen LogP contribution in [0.25, 0.3) is 16.8 Å². The summed E-state index contributed by atoms with van der Waals surface area (Å²) in [4.78, 5) is 29.3. The summed E-state index contributed by atoms with van der Waals surface area (Å²) in [5.41, 5.74) is 1.57. The number of oxime groups is 1. The molecule has 2 N–H and O–H groups in total. The zero-order valence-electron chi connectivity index (χ0n) is 21.6. The van der Waals surface area contributed by atoms with E-state index in [1.54, 1.807) is 55.5 Å². The van der Waals surface area contributed by atoms with Crippen molar-refractivity contribution in [2.45, 2.75) is 39.5 Å². The van der Waals surface area contributed by atoms with E-state index in [-0.39, 0.29) is 40.1 Å². The second-order valence-corrected chi connectivity index (χ2v) is 9.02. The van der Waals surface area contributed by atoms with E-state index in [0.717, 1.165) is 25.0 Å². The summed E-state index contributed by atoms with van der Waals surface area (Å²) in [7, 11) is 0. The Hall–Kier alpha value is -4.66. The van der Waals surface area contributed by atoms with Crippen LogP contribution in [0.5, 0.6) is 0 Å². The summed E-state index contributed by atoms with van der Waals surface area (Å²) in [5.74, 6) is -1.34. The zero-order chi connectivity index (χ0) is 27.9. The monoisotopic (exact) mass is 530 g/mol. The molecule has 0 atom stereocenters. The van der Waals surface area contributed by atoms with Crippen molar-refractivity contribution in [3.05, 3.63) is 117 Å². The number of carbonyl (C=O) groups excluding carboxylic acids is 1. The maximum Gasteiger partial charge on any atom is 0.261 e. The number of hydrogen-bond acceptors (Lipinski definition) is 5. The molecule has 1 heterocycles. The predicted molar refractivity (Wildman–Crippen MR) is 145 cm³/mol. The topological polar surface area (TPSA) is 96.6 Å². The Morgan fingerprint density at radius 1 is 1.05 bits per heavy atom. The van der Waals surface area contributed by atoms with Crippen LogP contribution in [-0.2, 0) is 17.6 Å². The maximum atomic E-state index is 15.5. The van der Waals surface area contributed by atoms with Crippen LogP contribution in [0.4, 0.5) is 8.78 Å². The third-order valence-corrected chi connectivity index (χ3v) is 6.49. The minimum atomic E-state index is -0.835. The molecule has 0 saturated carbocycles. The zero-order valence-corrected chi connectivity index (χ0v) is 21.6. The molecule has 39 heavy (non-hydrogen) atoms. The van der Waals surface area contributed by atoms with Gasteiger partial charge >= 0.3 is 0 Å². The van der Waals surface area contributed by atoms with Crippen LogP contribution < -0.4 is 10.9 Å². The number of hydrogen-bond donors (Lipinski definition) is 2. The average molecular weight is 531 g/mol. The van der Waals surface area contributed by atoms with E-state index in [2.05, 4.69) is 15.5 Å². The second-order valence-electron chi connectivity index (χ2n) is 9.02. The van der Waals surface area contributed by atoms with Crippen molar-refractivity contribution in [1.82, 2.24) is 14.9 Å². The van der Waals surface area contributed by atoms with Gasteiger partial charge < -0.3 is 10.5 Å². The van der Waals surface area contributed by atoms with Gasteiger partial charge in [-0.05, 0) is 55.2 Å². The van der Waals surface area contributed by atoms with Gasteiger partial charge in [0, 0.05) is 23.1 Å². The highest BCUT2D eigenvalue weighted by Gasteiger charge is 2.21. The molecule has 4 rings (SSSR count). The van der Waals surface area contributed by atoms with Crippen molar-refractivity contribution in [2.24, 2.45) is 5.16 Å². The highest BCUT2D eigenvalue weighted by molar-refractivity contribution is 6.08. The molecular weight excluding hydrogens is 502 g/mol. The SMILES string of the molecule is CCCCc1nc(C)n(-c2ccccc2)c(=O)c1Cc1c(F)cc(-c2ccccc2/C(=N/O)NC=O)cc1F. The highest BCUT2D eigenvalue weighted by atomic mass is 19.1. The smallest absolute Gasteiger partial charge is 0.261 e. The number of rotatable bonds is 9. The van der Waals surface area contributed by atoms with Crippen molar-refractivity contribution in [3.8, 4) is 16.8 Å². The van der Waals surface area contributed by atoms with E-state index < -0.39 is 11.6 Å². The lowest BCUT2D eigenvalue weighted by molar-refractivity contribution is -0.108. The van der Waals surface area contributed by atoms with Gasteiger partial charge in [-0.3, -0.25) is 14.2 Å². The minimum absolute atomic E-state index is 0.168. The summed E-state index contributed by atoms with van der Waals surface area (Å²) in [5, 5.41) is 14.7. The lowest BCUT2D eigenvalue weighted by Crippen LogP contribution is -2.28. The van der Waals surface area contributed by atoms with Crippen LogP contribution >= 0.6 is 0 Å². The molecule has 1 amide bonds. The highest BCUT2D eigenvalue weighted by Crippen LogP contribution is 2.29. The Labute approximate surface area is 224 Å². The lowest BCUT2D eigenvalue weighted by Gasteiger charge is -2.17. The molecule has 1 aromatic heterocycles. The van der Waals surface area contributed by atoms with E-state index in [4.69, 9.17) is 0 Å². The number of nitrogens with zero attached hydrogens (tertiary/aromatic N) is 3. The predicted octanol–water partition coefficient (Wildman–Crippen LogP) is 5.30. The summed E-state index contributed by atoms with van der Waals surface area (Å²) in [6.45, 7) is 3.76. The van der Waals surface area contributed by atoms with Crippen molar-refractivity contribution >= 4 is 12.2 Å². The van der Waals surface area contributed by atoms with Crippen LogP contribution in [0.3, 0.4) is 0 Å². The molecule has 0 aliphatic heterocycles. The summed E-state index contributed by atoms with van der Waals surface area (Å²) in [6.07, 6.45) is 2.23. The van der Waals surface area contributed by atoms with Crippen LogP contribution in [0.2, 0.25) is 0 Å². The van der Waals surface area contributed by atoms with Crippen molar-refractivity contribution < 1.29 is 18.8 Å². The summed E-state index contributed by atoms with van der Waals surface area (Å²) >= 11 is 0. The minimum Gasteiger partial charge on any atom is -0.409 e. The first-order valence-corrected chi connectivity index (χ1v) is 12.6. The van der Waals surface area contributed by atoms with Gasteiger partial charge in [-0.2, -0.15) is 0 Å². The van der Waals surface area contributed by atoms with Gasteiger partial charge in [0.05, 0.1) is 11.4 Å². The number of amides is 1. The largest absolute Gasteiger partial charge is 0.409 e. The Bertz CT molecular complexity index is 1560. The van der Waals surface area contributed by atoms with Gasteiger partial charge in [0.15, 0.2) is 5.84 Å². The number of para-hydroxylation sites is 1. The summed E-state index contributed by atoms with van der Waals surface area (Å²) in [6, 6.07) is 17.8. The van der Waals surface area contributed by atoms with E-state index in [1.165, 1.54) is 4.57 Å². The molecule has 4 aromatic rings. The molecular formula is C30H28F2N4O3. The Morgan fingerprint density at radius 2 is 1.72 bits per heavy atom. The summed E-state index contributed by atoms with van der Waals surface area (Å²) < 4.78 is 32.5. The van der Waals surface area contributed by atoms with Crippen molar-refractivity contribution in [3.63, 3.8) is 0 Å². The first kappa shape index (κ1) is 27.4. The number of benzene rings is 3. The van der Waals surface area contributed by atoms with Gasteiger partial charge in [-0.15, -0.1) is 0 Å². The van der Waals surface area contributed by atoms with Crippen molar-refractivity contribution in [1.29, 1.82) is 0 Å². The van der Waals surface area contributed by atoms with Gasteiger partial charge in [0.1, 0.15) is 17.5 Å². The lowest BCUT2D eigenvalue weighted by atomic mass is 9.95. The number of nitrogens with one attached hydrogen (secondary N) is 1. The molecule has 0 saturated heterocycles. The van der Waals surface area contributed by atoms with Crippen LogP contribution in [0.1, 0.15) is 48.0 Å². The molecule has 0 aliphatic carbocycles. The van der Waals surface area contributed by atoms with E-state index in [9.17, 15) is 14.8 Å². The number of carbonyl (C=O) groups is 1.